The Balaban J connectivity index is 1.74. The minimum Gasteiger partial charge on any atom is -0.355 e. The molecule has 0 spiro atoms. The first-order chi connectivity index (χ1) is 7.24. The number of carbonyl (C=O) groups is 1. The van der Waals surface area contributed by atoms with Crippen molar-refractivity contribution < 1.29 is 4.79 Å². The van der Waals surface area contributed by atoms with Gasteiger partial charge < -0.3 is 5.32 Å². The maximum atomic E-state index is 11.6. The minimum atomic E-state index is 0.102. The van der Waals surface area contributed by atoms with Gasteiger partial charge in [0.1, 0.15) is 0 Å². The summed E-state index contributed by atoms with van der Waals surface area (Å²) in [5.74, 6) is 0.760. The van der Waals surface area contributed by atoms with Crippen molar-refractivity contribution in [3.8, 4) is 0 Å². The van der Waals surface area contributed by atoms with Crippen LogP contribution in [0.1, 0.15) is 18.4 Å². The van der Waals surface area contributed by atoms with E-state index in [0.717, 1.165) is 24.9 Å². The summed E-state index contributed by atoms with van der Waals surface area (Å²) >= 11 is 7.45. The van der Waals surface area contributed by atoms with Crippen LogP contribution < -0.4 is 5.32 Å². The lowest BCUT2D eigenvalue weighted by Gasteiger charge is -2.11. The van der Waals surface area contributed by atoms with Gasteiger partial charge in [-0.05, 0) is 35.2 Å². The lowest BCUT2D eigenvalue weighted by atomic mass is 10.1. The number of carbonyl (C=O) groups excluding carboxylic acids is 1. The lowest BCUT2D eigenvalue weighted by Crippen LogP contribution is -2.31. The maximum Gasteiger partial charge on any atom is 0.224 e. The van der Waals surface area contributed by atoms with Gasteiger partial charge in [-0.2, -0.15) is 11.3 Å². The maximum absolute atomic E-state index is 11.6. The molecule has 1 fully saturated rings. The van der Waals surface area contributed by atoms with Crippen LogP contribution >= 0.6 is 22.9 Å². The molecule has 0 bridgehead atoms. The summed E-state index contributed by atoms with van der Waals surface area (Å²) in [7, 11) is 0. The molecule has 0 aromatic carbocycles. The summed E-state index contributed by atoms with van der Waals surface area (Å²) in [5, 5.41) is 6.95. The van der Waals surface area contributed by atoms with Gasteiger partial charge in [-0.3, -0.25) is 4.79 Å². The highest BCUT2D eigenvalue weighted by atomic mass is 35.5. The molecular weight excluding hydrogens is 230 g/mol. The molecule has 2 rings (SSSR count). The molecule has 0 aliphatic heterocycles. The number of thiophene rings is 1. The molecule has 1 aliphatic rings. The zero-order valence-corrected chi connectivity index (χ0v) is 10.0. The van der Waals surface area contributed by atoms with E-state index in [1.807, 2.05) is 16.8 Å². The molecular formula is C11H14ClNOS. The Morgan fingerprint density at radius 3 is 2.93 bits per heavy atom. The SMILES string of the molecule is O=C(Cc1ccsc1)NCC1(CCl)CC1. The fraction of sp³-hybridized carbons (Fsp3) is 0.545. The second-order valence-corrected chi connectivity index (χ2v) is 5.27. The first kappa shape index (κ1) is 11.0. The number of rotatable bonds is 5. The van der Waals surface area contributed by atoms with Gasteiger partial charge in [0.2, 0.25) is 5.91 Å². The van der Waals surface area contributed by atoms with Crippen LogP contribution in [-0.4, -0.2) is 18.3 Å². The topological polar surface area (TPSA) is 29.1 Å². The van der Waals surface area contributed by atoms with Crippen molar-refractivity contribution in [1.82, 2.24) is 5.32 Å². The van der Waals surface area contributed by atoms with Crippen LogP contribution in [0.3, 0.4) is 0 Å². The second kappa shape index (κ2) is 4.54. The largest absolute Gasteiger partial charge is 0.355 e. The zero-order valence-electron chi connectivity index (χ0n) is 8.46. The second-order valence-electron chi connectivity index (χ2n) is 4.22. The Hall–Kier alpha value is -0.540. The molecule has 1 N–H and O–H groups in total. The molecule has 1 aromatic heterocycles. The molecule has 1 aliphatic carbocycles. The van der Waals surface area contributed by atoms with Crippen LogP contribution in [0.15, 0.2) is 16.8 Å². The fourth-order valence-corrected chi connectivity index (χ4v) is 2.49. The summed E-state index contributed by atoms with van der Waals surface area (Å²) in [5.41, 5.74) is 1.31. The highest BCUT2D eigenvalue weighted by Gasteiger charge is 2.41. The molecule has 82 valence electrons. The first-order valence-electron chi connectivity index (χ1n) is 5.08. The van der Waals surface area contributed by atoms with Gasteiger partial charge in [0.15, 0.2) is 0 Å². The van der Waals surface area contributed by atoms with E-state index < -0.39 is 0 Å². The molecule has 15 heavy (non-hydrogen) atoms. The monoisotopic (exact) mass is 243 g/mol. The number of alkyl halides is 1. The van der Waals surface area contributed by atoms with Gasteiger partial charge in [0, 0.05) is 17.8 Å². The van der Waals surface area contributed by atoms with Crippen molar-refractivity contribution in [1.29, 1.82) is 0 Å². The Morgan fingerprint density at radius 1 is 1.60 bits per heavy atom. The third-order valence-corrected chi connectivity index (χ3v) is 4.14. The Bertz CT molecular complexity index is 332. The van der Waals surface area contributed by atoms with Crippen molar-refractivity contribution in [3.63, 3.8) is 0 Å². The van der Waals surface area contributed by atoms with E-state index in [0.29, 0.717) is 12.3 Å². The molecule has 1 heterocycles. The van der Waals surface area contributed by atoms with Crippen molar-refractivity contribution in [2.24, 2.45) is 5.41 Å². The molecule has 1 saturated carbocycles. The van der Waals surface area contributed by atoms with E-state index in [1.54, 1.807) is 11.3 Å². The third kappa shape index (κ3) is 2.95. The summed E-state index contributed by atoms with van der Waals surface area (Å²) in [6.07, 6.45) is 2.78. The zero-order chi connectivity index (χ0) is 10.7. The Morgan fingerprint density at radius 2 is 2.40 bits per heavy atom. The van der Waals surface area contributed by atoms with Gasteiger partial charge >= 0.3 is 0 Å². The van der Waals surface area contributed by atoms with E-state index in [4.69, 9.17) is 11.6 Å². The van der Waals surface area contributed by atoms with Crippen LogP contribution in [0, 0.1) is 5.41 Å². The van der Waals surface area contributed by atoms with Crippen molar-refractivity contribution in [3.05, 3.63) is 22.4 Å². The first-order valence-corrected chi connectivity index (χ1v) is 6.56. The average Bonchev–Trinajstić information content (AvgIpc) is 2.86. The van der Waals surface area contributed by atoms with E-state index >= 15 is 0 Å². The van der Waals surface area contributed by atoms with Crippen molar-refractivity contribution in [2.75, 3.05) is 12.4 Å². The van der Waals surface area contributed by atoms with Gasteiger partial charge in [-0.25, -0.2) is 0 Å². The van der Waals surface area contributed by atoms with Crippen molar-refractivity contribution >= 4 is 28.8 Å². The highest BCUT2D eigenvalue weighted by molar-refractivity contribution is 7.07. The third-order valence-electron chi connectivity index (χ3n) is 2.85. The fourth-order valence-electron chi connectivity index (χ4n) is 1.46. The number of nitrogens with one attached hydrogen (secondary N) is 1. The summed E-state index contributed by atoms with van der Waals surface area (Å²) in [4.78, 5) is 11.6. The van der Waals surface area contributed by atoms with Crippen molar-refractivity contribution in [2.45, 2.75) is 19.3 Å². The normalized spacial score (nSPS) is 17.4. The number of halogens is 1. The smallest absolute Gasteiger partial charge is 0.224 e. The molecule has 0 atom stereocenters. The summed E-state index contributed by atoms with van der Waals surface area (Å²) in [6, 6.07) is 1.98. The number of hydrogen-bond acceptors (Lipinski definition) is 2. The van der Waals surface area contributed by atoms with Crippen LogP contribution in [0.25, 0.3) is 0 Å². The minimum absolute atomic E-state index is 0.102. The number of amides is 1. The predicted octanol–water partition coefficient (Wildman–Crippen LogP) is 2.43. The quantitative estimate of drug-likeness (QED) is 0.791. The highest BCUT2D eigenvalue weighted by Crippen LogP contribution is 2.45. The summed E-state index contributed by atoms with van der Waals surface area (Å²) in [6.45, 7) is 0.736. The van der Waals surface area contributed by atoms with Crippen LogP contribution in [0.4, 0.5) is 0 Å². The van der Waals surface area contributed by atoms with E-state index in [1.165, 1.54) is 0 Å². The molecule has 0 saturated heterocycles. The van der Waals surface area contributed by atoms with Gasteiger partial charge in [-0.15, -0.1) is 11.6 Å². The number of hydrogen-bond donors (Lipinski definition) is 1. The molecule has 1 amide bonds. The molecule has 4 heteroatoms. The van der Waals surface area contributed by atoms with Gasteiger partial charge in [0.25, 0.3) is 0 Å². The molecule has 0 radical (unpaired) electrons. The lowest BCUT2D eigenvalue weighted by molar-refractivity contribution is -0.120. The van der Waals surface area contributed by atoms with E-state index in [-0.39, 0.29) is 11.3 Å². The standard InChI is InChI=1S/C11H14ClNOS/c12-7-11(2-3-11)8-13-10(14)5-9-1-4-15-6-9/h1,4,6H,2-3,5,7-8H2,(H,13,14). The van der Waals surface area contributed by atoms with Gasteiger partial charge in [0.05, 0.1) is 6.42 Å². The van der Waals surface area contributed by atoms with E-state index in [2.05, 4.69) is 5.32 Å². The molecule has 0 unspecified atom stereocenters. The Kier molecular flexibility index (Phi) is 3.32. The molecule has 1 aromatic rings. The average molecular weight is 244 g/mol. The predicted molar refractivity (Wildman–Crippen MR) is 63.4 cm³/mol. The van der Waals surface area contributed by atoms with Crippen LogP contribution in [0.5, 0.6) is 0 Å². The Labute approximate surface area is 98.6 Å². The van der Waals surface area contributed by atoms with E-state index in [9.17, 15) is 4.79 Å². The van der Waals surface area contributed by atoms with Gasteiger partial charge in [-0.1, -0.05) is 0 Å². The van der Waals surface area contributed by atoms with Crippen LogP contribution in [0.2, 0.25) is 0 Å². The molecule has 2 nitrogen and oxygen atoms in total. The summed E-state index contributed by atoms with van der Waals surface area (Å²) < 4.78 is 0. The van der Waals surface area contributed by atoms with Crippen LogP contribution in [-0.2, 0) is 11.2 Å².